The number of hydrazine groups is 1. The van der Waals surface area contributed by atoms with E-state index in [9.17, 15) is 10.1 Å². The van der Waals surface area contributed by atoms with Gasteiger partial charge in [0.25, 0.3) is 5.69 Å². The molecule has 0 amide bonds. The van der Waals surface area contributed by atoms with E-state index in [0.29, 0.717) is 12.4 Å². The molecule has 0 aliphatic rings. The summed E-state index contributed by atoms with van der Waals surface area (Å²) in [4.78, 5) is 14.6. The highest BCUT2D eigenvalue weighted by molar-refractivity contribution is 5.61. The van der Waals surface area contributed by atoms with Gasteiger partial charge in [0.15, 0.2) is 0 Å². The molecule has 100 valence electrons. The lowest BCUT2D eigenvalue weighted by Gasteiger charge is -2.06. The van der Waals surface area contributed by atoms with Crippen molar-refractivity contribution in [3.63, 3.8) is 0 Å². The highest BCUT2D eigenvalue weighted by Crippen LogP contribution is 2.24. The predicted octanol–water partition coefficient (Wildman–Crippen LogP) is 1.14. The molecule has 1 heterocycles. The summed E-state index contributed by atoms with van der Waals surface area (Å²) >= 11 is 0. The Balaban J connectivity index is 2.33. The number of hydrogen-bond acceptors (Lipinski definition) is 6. The van der Waals surface area contributed by atoms with E-state index in [2.05, 4.69) is 15.5 Å². The van der Waals surface area contributed by atoms with Gasteiger partial charge in [-0.25, -0.2) is 9.67 Å². The van der Waals surface area contributed by atoms with Gasteiger partial charge in [0.2, 0.25) is 0 Å². The van der Waals surface area contributed by atoms with Gasteiger partial charge in [0.05, 0.1) is 11.5 Å². The van der Waals surface area contributed by atoms with Crippen molar-refractivity contribution in [1.82, 2.24) is 14.8 Å². The maximum absolute atomic E-state index is 10.9. The number of aromatic nitrogens is 3. The molecule has 0 unspecified atom stereocenters. The molecule has 0 radical (unpaired) electrons. The van der Waals surface area contributed by atoms with E-state index in [1.54, 1.807) is 23.7 Å². The minimum absolute atomic E-state index is 0.0607. The molecule has 0 saturated heterocycles. The summed E-state index contributed by atoms with van der Waals surface area (Å²) in [6.45, 7) is 4.07. The molecule has 0 aliphatic carbocycles. The molecule has 0 spiro atoms. The Morgan fingerprint density at radius 1 is 1.47 bits per heavy atom. The van der Waals surface area contributed by atoms with Gasteiger partial charge in [0.1, 0.15) is 17.3 Å². The summed E-state index contributed by atoms with van der Waals surface area (Å²) in [5.41, 5.74) is 3.29. The summed E-state index contributed by atoms with van der Waals surface area (Å²) in [6, 6.07) is 4.82. The fraction of sp³-hybridized carbons (Fsp3) is 0.273. The number of nitro benzene ring substituents is 1. The van der Waals surface area contributed by atoms with Crippen molar-refractivity contribution in [2.45, 2.75) is 20.4 Å². The molecular formula is C11H14N6O2. The molecule has 2 rings (SSSR count). The molecule has 1 aromatic heterocycles. The number of benzene rings is 1. The number of nitrogens with zero attached hydrogens (tertiary/aromatic N) is 4. The van der Waals surface area contributed by atoms with E-state index >= 15 is 0 Å². The molecule has 3 N–H and O–H groups in total. The molecule has 8 nitrogen and oxygen atoms in total. The number of anilines is 1. The van der Waals surface area contributed by atoms with E-state index in [-0.39, 0.29) is 11.4 Å². The first kappa shape index (κ1) is 13.0. The second-order valence-corrected chi connectivity index (χ2v) is 4.12. The predicted molar refractivity (Wildman–Crippen MR) is 69.5 cm³/mol. The van der Waals surface area contributed by atoms with Crippen LogP contribution in [0.4, 0.5) is 11.4 Å². The van der Waals surface area contributed by atoms with Crippen LogP contribution in [0.1, 0.15) is 17.2 Å². The van der Waals surface area contributed by atoms with Crippen LogP contribution in [0.15, 0.2) is 18.2 Å². The van der Waals surface area contributed by atoms with Crippen molar-refractivity contribution in [2.75, 3.05) is 5.43 Å². The van der Waals surface area contributed by atoms with Crippen LogP contribution in [-0.4, -0.2) is 19.7 Å². The Labute approximate surface area is 109 Å². The summed E-state index contributed by atoms with van der Waals surface area (Å²) in [7, 11) is 0. The minimum atomic E-state index is -0.474. The van der Waals surface area contributed by atoms with Crippen LogP contribution in [-0.2, 0) is 6.54 Å². The van der Waals surface area contributed by atoms with Crippen LogP contribution < -0.4 is 11.3 Å². The lowest BCUT2D eigenvalue weighted by atomic mass is 10.1. The first-order valence-corrected chi connectivity index (χ1v) is 5.63. The Hall–Kier alpha value is -2.48. The summed E-state index contributed by atoms with van der Waals surface area (Å²) in [6.07, 6.45) is 0. The smallest absolute Gasteiger partial charge is 0.293 e. The van der Waals surface area contributed by atoms with Crippen LogP contribution in [0.2, 0.25) is 0 Å². The van der Waals surface area contributed by atoms with Gasteiger partial charge in [-0.3, -0.25) is 16.0 Å². The fourth-order valence-corrected chi connectivity index (χ4v) is 1.83. The normalized spacial score (nSPS) is 10.5. The first-order valence-electron chi connectivity index (χ1n) is 5.63. The van der Waals surface area contributed by atoms with E-state index in [0.717, 1.165) is 11.4 Å². The van der Waals surface area contributed by atoms with Crippen LogP contribution in [0, 0.1) is 24.0 Å². The Bertz CT molecular complexity index is 622. The Kier molecular flexibility index (Phi) is 3.43. The third-order valence-corrected chi connectivity index (χ3v) is 2.71. The second kappa shape index (κ2) is 5.02. The molecule has 0 aliphatic heterocycles. The zero-order valence-corrected chi connectivity index (χ0v) is 10.6. The largest absolute Gasteiger partial charge is 0.318 e. The van der Waals surface area contributed by atoms with Gasteiger partial charge in [-0.2, -0.15) is 5.10 Å². The number of nitrogens with one attached hydrogen (secondary N) is 1. The molecule has 1 aromatic carbocycles. The molecular weight excluding hydrogens is 248 g/mol. The summed E-state index contributed by atoms with van der Waals surface area (Å²) < 4.78 is 1.70. The van der Waals surface area contributed by atoms with Crippen molar-refractivity contribution in [1.29, 1.82) is 0 Å². The van der Waals surface area contributed by atoms with Crippen molar-refractivity contribution >= 4 is 11.4 Å². The zero-order chi connectivity index (χ0) is 14.0. The molecule has 0 saturated carbocycles. The van der Waals surface area contributed by atoms with Gasteiger partial charge in [-0.05, 0) is 25.5 Å². The molecule has 0 atom stereocenters. The topological polar surface area (TPSA) is 112 Å². The van der Waals surface area contributed by atoms with Crippen LogP contribution in [0.25, 0.3) is 0 Å². The monoisotopic (exact) mass is 262 g/mol. The van der Waals surface area contributed by atoms with Crippen molar-refractivity contribution in [3.8, 4) is 0 Å². The summed E-state index contributed by atoms with van der Waals surface area (Å²) in [5.74, 6) is 6.67. The quantitative estimate of drug-likeness (QED) is 0.485. The van der Waals surface area contributed by atoms with E-state index in [1.807, 2.05) is 6.92 Å². The van der Waals surface area contributed by atoms with Crippen molar-refractivity contribution < 1.29 is 4.92 Å². The third-order valence-electron chi connectivity index (χ3n) is 2.71. The zero-order valence-electron chi connectivity index (χ0n) is 10.6. The van der Waals surface area contributed by atoms with Crippen molar-refractivity contribution in [2.24, 2.45) is 5.84 Å². The maximum Gasteiger partial charge on any atom is 0.293 e. The molecule has 2 aromatic rings. The molecule has 0 fully saturated rings. The lowest BCUT2D eigenvalue weighted by Crippen LogP contribution is -2.10. The first-order chi connectivity index (χ1) is 9.01. The van der Waals surface area contributed by atoms with Gasteiger partial charge in [-0.1, -0.05) is 6.07 Å². The Morgan fingerprint density at radius 2 is 2.21 bits per heavy atom. The highest BCUT2D eigenvalue weighted by Gasteiger charge is 2.14. The average molecular weight is 262 g/mol. The van der Waals surface area contributed by atoms with E-state index < -0.39 is 4.92 Å². The van der Waals surface area contributed by atoms with Crippen LogP contribution >= 0.6 is 0 Å². The van der Waals surface area contributed by atoms with Gasteiger partial charge in [-0.15, -0.1) is 0 Å². The molecule has 0 bridgehead atoms. The Morgan fingerprint density at radius 3 is 2.74 bits per heavy atom. The molecule has 19 heavy (non-hydrogen) atoms. The maximum atomic E-state index is 10.9. The van der Waals surface area contributed by atoms with E-state index in [4.69, 9.17) is 5.84 Å². The van der Waals surface area contributed by atoms with Crippen LogP contribution in [0.3, 0.4) is 0 Å². The number of nitrogen functional groups attached to an aromatic ring is 1. The minimum Gasteiger partial charge on any atom is -0.318 e. The SMILES string of the molecule is Cc1nc(C)n(Cc2ccc(NN)c([N+](=O)[O-])c2)n1. The average Bonchev–Trinajstić information content (AvgIpc) is 2.67. The fourth-order valence-electron chi connectivity index (χ4n) is 1.83. The second-order valence-electron chi connectivity index (χ2n) is 4.12. The number of aryl methyl sites for hydroxylation is 2. The van der Waals surface area contributed by atoms with E-state index in [1.165, 1.54) is 6.07 Å². The highest BCUT2D eigenvalue weighted by atomic mass is 16.6. The molecule has 8 heteroatoms. The van der Waals surface area contributed by atoms with Crippen molar-refractivity contribution in [3.05, 3.63) is 45.5 Å². The summed E-state index contributed by atoms with van der Waals surface area (Å²) in [5, 5.41) is 15.1. The van der Waals surface area contributed by atoms with Gasteiger partial charge >= 0.3 is 0 Å². The number of hydrogen-bond donors (Lipinski definition) is 2. The number of nitro groups is 1. The number of rotatable bonds is 4. The third kappa shape index (κ3) is 2.68. The van der Waals surface area contributed by atoms with Gasteiger partial charge < -0.3 is 5.43 Å². The van der Waals surface area contributed by atoms with Crippen LogP contribution in [0.5, 0.6) is 0 Å². The van der Waals surface area contributed by atoms with Gasteiger partial charge in [0, 0.05) is 6.07 Å². The lowest BCUT2D eigenvalue weighted by molar-refractivity contribution is -0.384. The number of nitrogens with two attached hydrogens (primary N) is 1. The standard InChI is InChI=1S/C11H14N6O2/c1-7-13-8(2)16(15-7)6-9-3-4-10(14-12)11(5-9)17(18)19/h3-5,14H,6,12H2,1-2H3.